The minimum Gasteiger partial charge on any atom is -0.325 e. The molecule has 5 heteroatoms. The summed E-state index contributed by atoms with van der Waals surface area (Å²) in [5.74, 6) is 0.668. The van der Waals surface area contributed by atoms with Gasteiger partial charge in [0.1, 0.15) is 0 Å². The van der Waals surface area contributed by atoms with Gasteiger partial charge in [-0.3, -0.25) is 9.59 Å². The number of carbonyl (C=O) groups excluding carboxylic acids is 2. The molecule has 1 aromatic carbocycles. The summed E-state index contributed by atoms with van der Waals surface area (Å²) in [6.07, 6.45) is 2.63. The molecule has 1 rings (SSSR count). The number of nitrogens with two attached hydrogens (primary N) is 1. The fraction of sp³-hybridized carbons (Fsp3) is 0.385. The van der Waals surface area contributed by atoms with Crippen molar-refractivity contribution in [3.8, 4) is 0 Å². The molecule has 0 unspecified atom stereocenters. The van der Waals surface area contributed by atoms with E-state index in [2.05, 4.69) is 5.32 Å². The van der Waals surface area contributed by atoms with Gasteiger partial charge in [0.15, 0.2) is 5.78 Å². The van der Waals surface area contributed by atoms with E-state index in [1.165, 1.54) is 6.92 Å². The van der Waals surface area contributed by atoms with E-state index in [1.54, 1.807) is 36.0 Å². The Morgan fingerprint density at radius 1 is 1.33 bits per heavy atom. The molecular weight excluding hydrogens is 248 g/mol. The van der Waals surface area contributed by atoms with E-state index in [4.69, 9.17) is 5.73 Å². The van der Waals surface area contributed by atoms with Gasteiger partial charge < -0.3 is 11.1 Å². The Morgan fingerprint density at radius 3 is 2.44 bits per heavy atom. The molecule has 1 atom stereocenters. The van der Waals surface area contributed by atoms with Gasteiger partial charge in [0.2, 0.25) is 5.91 Å². The third-order valence-electron chi connectivity index (χ3n) is 2.53. The van der Waals surface area contributed by atoms with E-state index in [0.29, 0.717) is 17.7 Å². The Bertz CT molecular complexity index is 418. The summed E-state index contributed by atoms with van der Waals surface area (Å²) in [5, 5.41) is 2.73. The summed E-state index contributed by atoms with van der Waals surface area (Å²) >= 11 is 1.66. The van der Waals surface area contributed by atoms with Gasteiger partial charge in [-0.15, -0.1) is 0 Å². The maximum Gasteiger partial charge on any atom is 0.241 e. The number of nitrogens with one attached hydrogen (secondary N) is 1. The minimum absolute atomic E-state index is 0.00421. The molecule has 0 aromatic heterocycles. The lowest BCUT2D eigenvalue weighted by molar-refractivity contribution is -0.117. The molecule has 0 saturated heterocycles. The van der Waals surface area contributed by atoms with Crippen molar-refractivity contribution >= 4 is 29.1 Å². The van der Waals surface area contributed by atoms with Crippen LogP contribution in [0.4, 0.5) is 5.69 Å². The molecule has 3 N–H and O–H groups in total. The number of anilines is 1. The van der Waals surface area contributed by atoms with Crippen LogP contribution in [0.15, 0.2) is 24.3 Å². The molecule has 0 aliphatic heterocycles. The third kappa shape index (κ3) is 4.50. The molecule has 0 radical (unpaired) electrons. The highest BCUT2D eigenvalue weighted by molar-refractivity contribution is 7.98. The molecule has 0 saturated carbocycles. The second-order valence-electron chi connectivity index (χ2n) is 4.01. The average molecular weight is 266 g/mol. The molecule has 0 fully saturated rings. The minimum atomic E-state index is -0.495. The van der Waals surface area contributed by atoms with Gasteiger partial charge >= 0.3 is 0 Å². The van der Waals surface area contributed by atoms with E-state index in [-0.39, 0.29) is 11.7 Å². The Balaban J connectivity index is 2.56. The lowest BCUT2D eigenvalue weighted by Gasteiger charge is -2.11. The number of rotatable bonds is 6. The van der Waals surface area contributed by atoms with Crippen LogP contribution in [0.3, 0.4) is 0 Å². The summed E-state index contributed by atoms with van der Waals surface area (Å²) < 4.78 is 0. The zero-order valence-electron chi connectivity index (χ0n) is 10.6. The smallest absolute Gasteiger partial charge is 0.241 e. The van der Waals surface area contributed by atoms with Crippen LogP contribution in [0.1, 0.15) is 23.7 Å². The standard InChI is InChI=1S/C13H18N2O2S/c1-9(16)10-3-5-11(6-4-10)15-13(17)12(14)7-8-18-2/h3-6,12H,7-8,14H2,1-2H3,(H,15,17)/t12-/m0/s1. The number of amides is 1. The quantitative estimate of drug-likeness (QED) is 0.771. The maximum atomic E-state index is 11.7. The number of Topliss-reactive ketones (excluding diaryl/α,β-unsaturated/α-hetero) is 1. The summed E-state index contributed by atoms with van der Waals surface area (Å²) in [5.41, 5.74) is 7.03. The second kappa shape index (κ2) is 7.18. The zero-order chi connectivity index (χ0) is 13.5. The van der Waals surface area contributed by atoms with Gasteiger partial charge in [-0.25, -0.2) is 0 Å². The van der Waals surface area contributed by atoms with Gasteiger partial charge in [-0.2, -0.15) is 11.8 Å². The number of thioether (sulfide) groups is 1. The fourth-order valence-corrected chi connectivity index (χ4v) is 1.89. The lowest BCUT2D eigenvalue weighted by atomic mass is 10.1. The molecular formula is C13H18N2O2S. The zero-order valence-corrected chi connectivity index (χ0v) is 11.4. The monoisotopic (exact) mass is 266 g/mol. The van der Waals surface area contributed by atoms with Gasteiger partial charge in [0, 0.05) is 11.3 Å². The summed E-state index contributed by atoms with van der Waals surface area (Å²) in [4.78, 5) is 22.8. The van der Waals surface area contributed by atoms with Crippen molar-refractivity contribution in [2.75, 3.05) is 17.3 Å². The number of ketones is 1. The number of hydrogen-bond donors (Lipinski definition) is 2. The topological polar surface area (TPSA) is 72.2 Å². The average Bonchev–Trinajstić information content (AvgIpc) is 2.36. The first-order chi connectivity index (χ1) is 8.54. The van der Waals surface area contributed by atoms with E-state index >= 15 is 0 Å². The molecule has 4 nitrogen and oxygen atoms in total. The van der Waals surface area contributed by atoms with Crippen molar-refractivity contribution in [3.05, 3.63) is 29.8 Å². The summed E-state index contributed by atoms with van der Waals surface area (Å²) in [7, 11) is 0. The van der Waals surface area contributed by atoms with Crippen molar-refractivity contribution in [1.82, 2.24) is 0 Å². The largest absolute Gasteiger partial charge is 0.325 e. The number of carbonyl (C=O) groups is 2. The van der Waals surface area contributed by atoms with Gasteiger partial charge in [0.25, 0.3) is 0 Å². The first-order valence-corrected chi connectivity index (χ1v) is 7.10. The highest BCUT2D eigenvalue weighted by Crippen LogP contribution is 2.11. The number of benzene rings is 1. The SMILES string of the molecule is CSCC[C@H](N)C(=O)Nc1ccc(C(C)=O)cc1. The van der Waals surface area contributed by atoms with Crippen molar-refractivity contribution in [3.63, 3.8) is 0 Å². The fourth-order valence-electron chi connectivity index (χ4n) is 1.40. The van der Waals surface area contributed by atoms with Crippen LogP contribution < -0.4 is 11.1 Å². The summed E-state index contributed by atoms with van der Waals surface area (Å²) in [6, 6.07) is 6.28. The van der Waals surface area contributed by atoms with Crippen LogP contribution in [0, 0.1) is 0 Å². The van der Waals surface area contributed by atoms with E-state index in [1.807, 2.05) is 6.26 Å². The van der Waals surface area contributed by atoms with Crippen LogP contribution in [0.5, 0.6) is 0 Å². The van der Waals surface area contributed by atoms with Gasteiger partial charge in [-0.1, -0.05) is 0 Å². The predicted molar refractivity (Wildman–Crippen MR) is 76.1 cm³/mol. The molecule has 0 heterocycles. The Morgan fingerprint density at radius 2 is 1.94 bits per heavy atom. The van der Waals surface area contributed by atoms with E-state index < -0.39 is 6.04 Å². The van der Waals surface area contributed by atoms with Crippen LogP contribution in [-0.2, 0) is 4.79 Å². The van der Waals surface area contributed by atoms with E-state index in [9.17, 15) is 9.59 Å². The first kappa shape index (κ1) is 14.7. The normalized spacial score (nSPS) is 11.9. The van der Waals surface area contributed by atoms with Crippen LogP contribution in [0.25, 0.3) is 0 Å². The van der Waals surface area contributed by atoms with Gasteiger partial charge in [0.05, 0.1) is 6.04 Å². The molecule has 1 aromatic rings. The van der Waals surface area contributed by atoms with Crippen molar-refractivity contribution < 1.29 is 9.59 Å². The Kier molecular flexibility index (Phi) is 5.88. The lowest BCUT2D eigenvalue weighted by Crippen LogP contribution is -2.36. The second-order valence-corrected chi connectivity index (χ2v) is 5.00. The van der Waals surface area contributed by atoms with Crippen molar-refractivity contribution in [2.24, 2.45) is 5.73 Å². The molecule has 18 heavy (non-hydrogen) atoms. The van der Waals surface area contributed by atoms with Gasteiger partial charge in [-0.05, 0) is 49.6 Å². The molecule has 0 aliphatic rings. The van der Waals surface area contributed by atoms with Crippen LogP contribution >= 0.6 is 11.8 Å². The van der Waals surface area contributed by atoms with Crippen LogP contribution in [-0.4, -0.2) is 29.7 Å². The highest BCUT2D eigenvalue weighted by atomic mass is 32.2. The first-order valence-electron chi connectivity index (χ1n) is 5.71. The Hall–Kier alpha value is -1.33. The highest BCUT2D eigenvalue weighted by Gasteiger charge is 2.12. The van der Waals surface area contributed by atoms with Crippen molar-refractivity contribution in [2.45, 2.75) is 19.4 Å². The molecule has 0 spiro atoms. The maximum absolute atomic E-state index is 11.7. The molecule has 0 aliphatic carbocycles. The Labute approximate surface area is 111 Å². The van der Waals surface area contributed by atoms with Crippen LogP contribution in [0.2, 0.25) is 0 Å². The van der Waals surface area contributed by atoms with E-state index in [0.717, 1.165) is 5.75 Å². The van der Waals surface area contributed by atoms with Crippen molar-refractivity contribution in [1.29, 1.82) is 0 Å². The molecule has 0 bridgehead atoms. The summed E-state index contributed by atoms with van der Waals surface area (Å²) in [6.45, 7) is 1.51. The molecule has 98 valence electrons. The predicted octanol–water partition coefficient (Wildman–Crippen LogP) is 1.91. The number of hydrogen-bond acceptors (Lipinski definition) is 4. The molecule has 1 amide bonds. The third-order valence-corrected chi connectivity index (χ3v) is 3.17.